The fourth-order valence-electron chi connectivity index (χ4n) is 3.48. The molecule has 0 bridgehead atoms. The van der Waals surface area contributed by atoms with E-state index in [1.54, 1.807) is 18.3 Å². The molecule has 0 aliphatic carbocycles. The van der Waals surface area contributed by atoms with Crippen LogP contribution in [0, 0.1) is 0 Å². The number of hydrogen-bond donors (Lipinski definition) is 1. The number of nitrogens with zero attached hydrogens (tertiary/aromatic N) is 4. The van der Waals surface area contributed by atoms with Crippen LogP contribution in [0.4, 0.5) is 5.95 Å². The first-order valence-electron chi connectivity index (χ1n) is 9.21. The van der Waals surface area contributed by atoms with Crippen LogP contribution < -0.4 is 15.0 Å². The van der Waals surface area contributed by atoms with Gasteiger partial charge in [-0.25, -0.2) is 15.0 Å². The van der Waals surface area contributed by atoms with E-state index in [9.17, 15) is 4.79 Å². The molecule has 2 aliphatic heterocycles. The lowest BCUT2D eigenvalue weighted by atomic mass is 10.1. The fraction of sp³-hybridized carbons (Fsp3) is 0.474. The van der Waals surface area contributed by atoms with E-state index < -0.39 is 0 Å². The van der Waals surface area contributed by atoms with Crippen LogP contribution in [0.5, 0.6) is 5.88 Å². The number of piperidine rings is 1. The zero-order valence-electron chi connectivity index (χ0n) is 15.4. The lowest BCUT2D eigenvalue weighted by Gasteiger charge is -2.33. The van der Waals surface area contributed by atoms with Crippen LogP contribution in [-0.2, 0) is 17.8 Å². The highest BCUT2D eigenvalue weighted by Gasteiger charge is 2.24. The van der Waals surface area contributed by atoms with Crippen LogP contribution in [0.15, 0.2) is 24.5 Å². The molecule has 8 heteroatoms. The zero-order chi connectivity index (χ0) is 18.6. The van der Waals surface area contributed by atoms with Crippen LogP contribution in [0.3, 0.4) is 0 Å². The first kappa shape index (κ1) is 17.7. The minimum absolute atomic E-state index is 0.0494. The first-order valence-corrected chi connectivity index (χ1v) is 9.21. The molecule has 0 aromatic carbocycles. The van der Waals surface area contributed by atoms with Crippen molar-refractivity contribution in [1.29, 1.82) is 0 Å². The summed E-state index contributed by atoms with van der Waals surface area (Å²) in [6.07, 6.45) is 6.17. The Morgan fingerprint density at radius 1 is 1.41 bits per heavy atom. The van der Waals surface area contributed by atoms with Gasteiger partial charge in [0, 0.05) is 55.1 Å². The number of rotatable bonds is 4. The van der Waals surface area contributed by atoms with Gasteiger partial charge in [0.1, 0.15) is 0 Å². The average Bonchev–Trinajstić information content (AvgIpc) is 2.73. The SMILES string of the molecule is COc1cc(C(=O)NC2CCCN(c3ncc4c(n3)CCOC4)C2)ccn1. The maximum Gasteiger partial charge on any atom is 0.251 e. The molecular formula is C19H23N5O3. The third-order valence-corrected chi connectivity index (χ3v) is 4.93. The van der Waals surface area contributed by atoms with Gasteiger partial charge < -0.3 is 19.7 Å². The molecule has 0 saturated carbocycles. The lowest BCUT2D eigenvalue weighted by molar-refractivity contribution is 0.0932. The largest absolute Gasteiger partial charge is 0.481 e. The Bertz CT molecular complexity index is 829. The molecule has 1 fully saturated rings. The Kier molecular flexibility index (Phi) is 5.15. The minimum atomic E-state index is -0.119. The smallest absolute Gasteiger partial charge is 0.251 e. The normalized spacial score (nSPS) is 19.3. The van der Waals surface area contributed by atoms with E-state index in [1.807, 2.05) is 6.20 Å². The van der Waals surface area contributed by atoms with Gasteiger partial charge in [-0.15, -0.1) is 0 Å². The number of methoxy groups -OCH3 is 1. The Labute approximate surface area is 157 Å². The van der Waals surface area contributed by atoms with Crippen molar-refractivity contribution in [3.05, 3.63) is 41.3 Å². The van der Waals surface area contributed by atoms with Crippen molar-refractivity contribution in [2.75, 3.05) is 31.7 Å². The van der Waals surface area contributed by atoms with Gasteiger partial charge in [-0.1, -0.05) is 0 Å². The van der Waals surface area contributed by atoms with Gasteiger partial charge in [-0.05, 0) is 18.9 Å². The van der Waals surface area contributed by atoms with Crippen molar-refractivity contribution < 1.29 is 14.3 Å². The van der Waals surface area contributed by atoms with Crippen LogP contribution in [0.2, 0.25) is 0 Å². The molecule has 2 aliphatic rings. The summed E-state index contributed by atoms with van der Waals surface area (Å²) in [5.74, 6) is 1.05. The molecule has 1 amide bonds. The number of amides is 1. The Hall–Kier alpha value is -2.74. The predicted octanol–water partition coefficient (Wildman–Crippen LogP) is 1.35. The highest BCUT2D eigenvalue weighted by Crippen LogP contribution is 2.20. The molecule has 1 N–H and O–H groups in total. The molecule has 8 nitrogen and oxygen atoms in total. The van der Waals surface area contributed by atoms with Gasteiger partial charge in [-0.3, -0.25) is 4.79 Å². The zero-order valence-corrected chi connectivity index (χ0v) is 15.4. The topological polar surface area (TPSA) is 89.5 Å². The van der Waals surface area contributed by atoms with Gasteiger partial charge >= 0.3 is 0 Å². The van der Waals surface area contributed by atoms with E-state index >= 15 is 0 Å². The highest BCUT2D eigenvalue weighted by atomic mass is 16.5. The monoisotopic (exact) mass is 369 g/mol. The third-order valence-electron chi connectivity index (χ3n) is 4.93. The maximum atomic E-state index is 12.6. The molecule has 0 spiro atoms. The second-order valence-electron chi connectivity index (χ2n) is 6.79. The summed E-state index contributed by atoms with van der Waals surface area (Å²) >= 11 is 0. The number of pyridine rings is 1. The number of fused-ring (bicyclic) bond motifs is 1. The molecule has 4 heterocycles. The molecule has 1 atom stereocenters. The molecular weight excluding hydrogens is 346 g/mol. The van der Waals surface area contributed by atoms with E-state index in [4.69, 9.17) is 14.5 Å². The second kappa shape index (κ2) is 7.87. The molecule has 142 valence electrons. The summed E-state index contributed by atoms with van der Waals surface area (Å²) in [7, 11) is 1.54. The first-order chi connectivity index (χ1) is 13.2. The van der Waals surface area contributed by atoms with E-state index in [-0.39, 0.29) is 11.9 Å². The predicted molar refractivity (Wildman–Crippen MR) is 98.9 cm³/mol. The van der Waals surface area contributed by atoms with Crippen molar-refractivity contribution in [2.45, 2.75) is 31.9 Å². The van der Waals surface area contributed by atoms with E-state index in [1.165, 1.54) is 7.11 Å². The number of hydrogen-bond acceptors (Lipinski definition) is 7. The van der Waals surface area contributed by atoms with Gasteiger partial charge in [-0.2, -0.15) is 0 Å². The minimum Gasteiger partial charge on any atom is -0.481 e. The van der Waals surface area contributed by atoms with Crippen molar-refractivity contribution >= 4 is 11.9 Å². The highest BCUT2D eigenvalue weighted by molar-refractivity contribution is 5.94. The van der Waals surface area contributed by atoms with Crippen LogP contribution >= 0.6 is 0 Å². The fourth-order valence-corrected chi connectivity index (χ4v) is 3.48. The quantitative estimate of drug-likeness (QED) is 0.870. The maximum absolute atomic E-state index is 12.6. The summed E-state index contributed by atoms with van der Waals surface area (Å²) in [4.78, 5) is 28.0. The van der Waals surface area contributed by atoms with Crippen LogP contribution in [-0.4, -0.2) is 53.7 Å². The number of ether oxygens (including phenoxy) is 2. The number of carbonyl (C=O) groups is 1. The van der Waals surface area contributed by atoms with Gasteiger partial charge in [0.05, 0.1) is 26.0 Å². The van der Waals surface area contributed by atoms with Crippen molar-refractivity contribution in [2.24, 2.45) is 0 Å². The lowest BCUT2D eigenvalue weighted by Crippen LogP contribution is -2.48. The number of carbonyl (C=O) groups excluding carboxylic acids is 1. The second-order valence-corrected chi connectivity index (χ2v) is 6.79. The van der Waals surface area contributed by atoms with E-state index in [0.29, 0.717) is 31.2 Å². The number of anilines is 1. The summed E-state index contributed by atoms with van der Waals surface area (Å²) in [6, 6.07) is 3.38. The van der Waals surface area contributed by atoms with Crippen molar-refractivity contribution in [1.82, 2.24) is 20.3 Å². The van der Waals surface area contributed by atoms with E-state index in [0.717, 1.165) is 43.0 Å². The molecule has 0 radical (unpaired) electrons. The number of nitrogens with one attached hydrogen (secondary N) is 1. The Morgan fingerprint density at radius 2 is 2.33 bits per heavy atom. The van der Waals surface area contributed by atoms with Crippen molar-refractivity contribution in [3.63, 3.8) is 0 Å². The molecule has 2 aromatic heterocycles. The molecule has 1 saturated heterocycles. The third kappa shape index (κ3) is 4.00. The van der Waals surface area contributed by atoms with Crippen molar-refractivity contribution in [3.8, 4) is 5.88 Å². The van der Waals surface area contributed by atoms with E-state index in [2.05, 4.69) is 20.2 Å². The standard InChI is InChI=1S/C19H23N5O3/c1-26-17-9-13(4-6-20-17)18(25)22-15-3-2-7-24(11-15)19-21-10-14-12-27-8-5-16(14)23-19/h4,6,9-10,15H,2-3,5,7-8,11-12H2,1H3,(H,22,25). The van der Waals surface area contributed by atoms with Gasteiger partial charge in [0.2, 0.25) is 11.8 Å². The van der Waals surface area contributed by atoms with Gasteiger partial charge in [0.25, 0.3) is 5.91 Å². The molecule has 4 rings (SSSR count). The van der Waals surface area contributed by atoms with Crippen LogP contribution in [0.1, 0.15) is 34.5 Å². The molecule has 2 aromatic rings. The summed E-state index contributed by atoms with van der Waals surface area (Å²) in [5, 5.41) is 3.11. The summed E-state index contributed by atoms with van der Waals surface area (Å²) in [6.45, 7) is 2.88. The van der Waals surface area contributed by atoms with Crippen LogP contribution in [0.25, 0.3) is 0 Å². The Balaban J connectivity index is 1.42. The summed E-state index contributed by atoms with van der Waals surface area (Å²) < 4.78 is 10.5. The Morgan fingerprint density at radius 3 is 3.22 bits per heavy atom. The van der Waals surface area contributed by atoms with Gasteiger partial charge in [0.15, 0.2) is 0 Å². The summed E-state index contributed by atoms with van der Waals surface area (Å²) in [5.41, 5.74) is 2.68. The number of aromatic nitrogens is 3. The average molecular weight is 369 g/mol. The molecule has 1 unspecified atom stereocenters. The molecule has 27 heavy (non-hydrogen) atoms.